The Bertz CT molecular complexity index is 1690. The summed E-state index contributed by atoms with van der Waals surface area (Å²) in [6, 6.07) is 13.2. The van der Waals surface area contributed by atoms with E-state index in [1.807, 2.05) is 21.7 Å². The summed E-state index contributed by atoms with van der Waals surface area (Å²) in [5.74, 6) is -1.31. The van der Waals surface area contributed by atoms with Crippen molar-refractivity contribution < 1.29 is 37.7 Å². The summed E-state index contributed by atoms with van der Waals surface area (Å²) in [7, 11) is 0. The van der Waals surface area contributed by atoms with Gasteiger partial charge in [0.25, 0.3) is 0 Å². The molecule has 1 fully saturated rings. The second-order valence-electron chi connectivity index (χ2n) is 12.5. The molecule has 3 aromatic heterocycles. The van der Waals surface area contributed by atoms with Gasteiger partial charge in [0, 0.05) is 66.9 Å². The summed E-state index contributed by atoms with van der Waals surface area (Å²) in [5, 5.41) is 30.3. The number of alkyl halides is 3. The first kappa shape index (κ1) is 35.2. The van der Waals surface area contributed by atoms with Crippen molar-refractivity contribution >= 4 is 43.9 Å². The number of hydrogen-bond donors (Lipinski definition) is 4. The normalized spacial score (nSPS) is 21.4. The van der Waals surface area contributed by atoms with Crippen LogP contribution in [-0.2, 0) is 22.6 Å². The van der Waals surface area contributed by atoms with Gasteiger partial charge in [-0.3, -0.25) is 24.4 Å². The summed E-state index contributed by atoms with van der Waals surface area (Å²) in [4.78, 5) is 35.9. The minimum absolute atomic E-state index is 0.00813. The second kappa shape index (κ2) is 15.5. The highest BCUT2D eigenvalue weighted by molar-refractivity contribution is 7.37. The predicted molar refractivity (Wildman–Crippen MR) is 180 cm³/mol. The highest BCUT2D eigenvalue weighted by Crippen LogP contribution is 2.33. The first-order valence-electron chi connectivity index (χ1n) is 16.1. The van der Waals surface area contributed by atoms with Gasteiger partial charge in [0.2, 0.25) is 11.8 Å². The van der Waals surface area contributed by atoms with Crippen LogP contribution in [0.25, 0.3) is 9.40 Å². The lowest BCUT2D eigenvalue weighted by Gasteiger charge is -2.41. The number of nitrogens with zero attached hydrogens (tertiary/aromatic N) is 3. The van der Waals surface area contributed by atoms with Gasteiger partial charge in [0.05, 0.1) is 16.2 Å². The number of nitrogens with one attached hydrogen (secondary N) is 2. The minimum Gasteiger partial charge on any atom is -0.490 e. The number of carbonyl (C=O) groups is 2. The molecule has 0 aliphatic carbocycles. The fraction of sp³-hybridized carbons (Fsp3) is 0.441. The second-order valence-corrected chi connectivity index (χ2v) is 14.8. The molecule has 2 amide bonds. The zero-order valence-electron chi connectivity index (χ0n) is 26.5. The molecule has 2 aliphatic rings. The number of halogens is 3. The van der Waals surface area contributed by atoms with E-state index in [2.05, 4.69) is 16.4 Å². The average molecular weight is 718 g/mol. The van der Waals surface area contributed by atoms with Gasteiger partial charge in [-0.05, 0) is 54.1 Å². The molecule has 0 saturated carbocycles. The Balaban J connectivity index is 1.15. The number of aliphatic hydroxyl groups excluding tert-OH is 2. The van der Waals surface area contributed by atoms with Crippen LogP contribution >= 0.6 is 22.7 Å². The molecule has 5 unspecified atom stereocenters. The number of amides is 2. The lowest BCUT2D eigenvalue weighted by Crippen LogP contribution is -2.60. The topological polar surface area (TPSA) is 127 Å². The number of fused-ring (bicyclic) bond motifs is 2. The Hall–Kier alpha value is -3.60. The molecule has 5 heterocycles. The molecule has 5 atom stereocenters. The van der Waals surface area contributed by atoms with Gasteiger partial charge in [-0.1, -0.05) is 18.2 Å². The number of β-amino-alcohol motifs (C(OH)–C–C–N with tert-alkyl or cyclic N) is 1. The lowest BCUT2D eigenvalue weighted by atomic mass is 9.91. The quantitative estimate of drug-likeness (QED) is 0.175. The Labute approximate surface area is 289 Å². The van der Waals surface area contributed by atoms with Crippen molar-refractivity contribution in [2.45, 2.75) is 49.9 Å². The first-order valence-corrected chi connectivity index (χ1v) is 17.8. The van der Waals surface area contributed by atoms with Crippen molar-refractivity contribution in [2.24, 2.45) is 5.92 Å². The predicted octanol–water partition coefficient (Wildman–Crippen LogP) is 3.74. The number of para-hydroxylation sites is 1. The van der Waals surface area contributed by atoms with Crippen molar-refractivity contribution in [2.75, 3.05) is 39.3 Å². The molecule has 1 saturated heterocycles. The van der Waals surface area contributed by atoms with Crippen molar-refractivity contribution in [3.63, 3.8) is 0 Å². The summed E-state index contributed by atoms with van der Waals surface area (Å²) in [5.41, 5.74) is 1.47. The number of thiophene rings is 2. The summed E-state index contributed by atoms with van der Waals surface area (Å²) in [6.45, 7) is 0.167. The monoisotopic (exact) mass is 717 g/mol. The fourth-order valence-corrected chi connectivity index (χ4v) is 8.66. The standard InChI is InChI=1S/C34H38F3N5O5S2/c35-34(36,37)20-39-32(46)27-18-41(17-25-15-22-7-12-48-33(22)49-25)10-11-42(27)16-24(43)14-23(13-21-5-8-38-9-6-21)31(45)40-30-26-3-1-2-4-29(26)47-19-28(30)44/h1-9,12,15,23-24,27-28,30,43-44H,10-11,13-14,16-20H2,(H,39,46)(H,40,45). The van der Waals surface area contributed by atoms with Gasteiger partial charge >= 0.3 is 6.18 Å². The summed E-state index contributed by atoms with van der Waals surface area (Å²) >= 11 is 3.31. The van der Waals surface area contributed by atoms with E-state index in [0.29, 0.717) is 30.9 Å². The zero-order valence-corrected chi connectivity index (χ0v) is 28.1. The van der Waals surface area contributed by atoms with Gasteiger partial charge < -0.3 is 25.6 Å². The molecule has 0 bridgehead atoms. The number of hydrogen-bond acceptors (Lipinski definition) is 10. The molecular formula is C34H38F3N5O5S2. The van der Waals surface area contributed by atoms with Crippen LogP contribution in [-0.4, -0.2) is 101 Å². The van der Waals surface area contributed by atoms with E-state index in [9.17, 15) is 33.0 Å². The molecule has 262 valence electrons. The number of piperazine rings is 1. The summed E-state index contributed by atoms with van der Waals surface area (Å²) in [6.07, 6.45) is -3.12. The van der Waals surface area contributed by atoms with E-state index >= 15 is 0 Å². The molecule has 1 aromatic carbocycles. The molecule has 0 radical (unpaired) electrons. The molecule has 2 aliphatic heterocycles. The van der Waals surface area contributed by atoms with Gasteiger partial charge in [-0.15, -0.1) is 22.7 Å². The highest BCUT2D eigenvalue weighted by Gasteiger charge is 2.38. The van der Waals surface area contributed by atoms with Crippen LogP contribution in [0.1, 0.15) is 28.5 Å². The van der Waals surface area contributed by atoms with Crippen LogP contribution in [0.15, 0.2) is 66.3 Å². The fourth-order valence-electron chi connectivity index (χ4n) is 6.46. The van der Waals surface area contributed by atoms with Gasteiger partial charge in [0.1, 0.15) is 31.0 Å². The molecule has 4 N–H and O–H groups in total. The average Bonchev–Trinajstić information content (AvgIpc) is 3.67. The SMILES string of the molecule is O=C(NC1c2ccccc2OCC1O)C(Cc1ccncc1)CC(O)CN1CCN(Cc2cc3ccsc3s2)CC1C(=O)NCC(F)(F)F. The molecule has 49 heavy (non-hydrogen) atoms. The first-order chi connectivity index (χ1) is 23.5. The van der Waals surface area contributed by atoms with Crippen LogP contribution in [0, 0.1) is 5.92 Å². The zero-order chi connectivity index (χ0) is 34.5. The van der Waals surface area contributed by atoms with Crippen molar-refractivity contribution in [1.29, 1.82) is 0 Å². The minimum atomic E-state index is -4.57. The van der Waals surface area contributed by atoms with Crippen molar-refractivity contribution in [3.8, 4) is 5.75 Å². The van der Waals surface area contributed by atoms with E-state index in [0.717, 1.165) is 15.8 Å². The molecule has 10 nitrogen and oxygen atoms in total. The summed E-state index contributed by atoms with van der Waals surface area (Å²) < 4.78 is 46.0. The number of aliphatic hydroxyl groups is 2. The third-order valence-corrected chi connectivity index (χ3v) is 11.1. The number of rotatable bonds is 12. The maximum Gasteiger partial charge on any atom is 0.405 e. The lowest BCUT2D eigenvalue weighted by molar-refractivity contribution is -0.143. The maximum absolute atomic E-state index is 13.8. The van der Waals surface area contributed by atoms with Gasteiger partial charge in [-0.2, -0.15) is 13.2 Å². The van der Waals surface area contributed by atoms with E-state index in [1.54, 1.807) is 76.4 Å². The van der Waals surface area contributed by atoms with Crippen LogP contribution in [0.4, 0.5) is 13.2 Å². The Morgan fingerprint density at radius 2 is 1.92 bits per heavy atom. The van der Waals surface area contributed by atoms with E-state index in [-0.39, 0.29) is 38.4 Å². The van der Waals surface area contributed by atoms with Gasteiger partial charge in [0.15, 0.2) is 0 Å². The van der Waals surface area contributed by atoms with Crippen LogP contribution in [0.3, 0.4) is 0 Å². The Morgan fingerprint density at radius 3 is 2.69 bits per heavy atom. The molecule has 4 aromatic rings. The molecule has 0 spiro atoms. The third-order valence-electron chi connectivity index (χ3n) is 8.87. The van der Waals surface area contributed by atoms with Gasteiger partial charge in [-0.25, -0.2) is 0 Å². The largest absolute Gasteiger partial charge is 0.490 e. The third kappa shape index (κ3) is 9.15. The Kier molecular flexibility index (Phi) is 11.2. The number of aromatic nitrogens is 1. The molecule has 6 rings (SSSR count). The van der Waals surface area contributed by atoms with Crippen LogP contribution < -0.4 is 15.4 Å². The van der Waals surface area contributed by atoms with Crippen LogP contribution in [0.5, 0.6) is 5.75 Å². The van der Waals surface area contributed by atoms with Crippen LogP contribution in [0.2, 0.25) is 0 Å². The number of carbonyl (C=O) groups excluding carboxylic acids is 2. The molecule has 15 heteroatoms. The highest BCUT2D eigenvalue weighted by atomic mass is 32.2. The Morgan fingerprint density at radius 1 is 1.12 bits per heavy atom. The van der Waals surface area contributed by atoms with E-state index in [4.69, 9.17) is 4.74 Å². The number of pyridine rings is 1. The maximum atomic E-state index is 13.8. The number of benzene rings is 1. The van der Waals surface area contributed by atoms with Crippen molar-refractivity contribution in [3.05, 3.63) is 82.3 Å². The van der Waals surface area contributed by atoms with Crippen molar-refractivity contribution in [1.82, 2.24) is 25.4 Å². The smallest absolute Gasteiger partial charge is 0.405 e. The van der Waals surface area contributed by atoms with E-state index < -0.39 is 48.8 Å². The number of ether oxygens (including phenoxy) is 1. The van der Waals surface area contributed by atoms with E-state index in [1.165, 1.54) is 4.01 Å². The molecular weight excluding hydrogens is 680 g/mol.